The van der Waals surface area contributed by atoms with Gasteiger partial charge in [-0.2, -0.15) is 0 Å². The summed E-state index contributed by atoms with van der Waals surface area (Å²) < 4.78 is 9.40. The van der Waals surface area contributed by atoms with E-state index in [1.807, 2.05) is 0 Å². The van der Waals surface area contributed by atoms with Gasteiger partial charge in [0.1, 0.15) is 11.4 Å². The molecule has 0 amide bonds. The standard InChI is InChI=1S/C12H12N2O7/c1-20-10-5-7(14(18)19)3-4-8(10)13-9(6-11(15)16)12(17)21-2/h3-6,13H,1-2H3,(H,15,16). The molecule has 0 fully saturated rings. The van der Waals surface area contributed by atoms with E-state index in [2.05, 4.69) is 10.1 Å². The number of non-ortho nitro benzene ring substituents is 1. The molecule has 0 aliphatic carbocycles. The molecular formula is C12H12N2O7. The van der Waals surface area contributed by atoms with E-state index < -0.39 is 16.9 Å². The lowest BCUT2D eigenvalue weighted by atomic mass is 10.2. The summed E-state index contributed by atoms with van der Waals surface area (Å²) in [6.07, 6.45) is 0.618. The van der Waals surface area contributed by atoms with Crippen LogP contribution in [0.5, 0.6) is 5.75 Å². The van der Waals surface area contributed by atoms with Crippen molar-refractivity contribution in [3.8, 4) is 5.75 Å². The van der Waals surface area contributed by atoms with Crippen molar-refractivity contribution in [3.05, 3.63) is 40.1 Å². The van der Waals surface area contributed by atoms with E-state index in [0.717, 1.165) is 13.2 Å². The Kier molecular flexibility index (Phi) is 5.24. The van der Waals surface area contributed by atoms with Crippen molar-refractivity contribution in [3.63, 3.8) is 0 Å². The number of nitrogens with one attached hydrogen (secondary N) is 1. The average Bonchev–Trinajstić information content (AvgIpc) is 2.45. The zero-order valence-electron chi connectivity index (χ0n) is 11.2. The topological polar surface area (TPSA) is 128 Å². The first kappa shape index (κ1) is 16.0. The van der Waals surface area contributed by atoms with Crippen molar-refractivity contribution in [1.29, 1.82) is 0 Å². The van der Waals surface area contributed by atoms with E-state index in [4.69, 9.17) is 9.84 Å². The van der Waals surface area contributed by atoms with Crippen LogP contribution in [0.2, 0.25) is 0 Å². The van der Waals surface area contributed by atoms with Gasteiger partial charge in [0, 0.05) is 6.07 Å². The molecule has 1 aromatic carbocycles. The molecule has 2 N–H and O–H groups in total. The highest BCUT2D eigenvalue weighted by Crippen LogP contribution is 2.30. The van der Waals surface area contributed by atoms with Gasteiger partial charge >= 0.3 is 11.9 Å². The van der Waals surface area contributed by atoms with Crippen LogP contribution in [0.4, 0.5) is 11.4 Å². The summed E-state index contributed by atoms with van der Waals surface area (Å²) in [6.45, 7) is 0. The number of aliphatic carboxylic acids is 1. The molecule has 0 aliphatic rings. The second-order valence-electron chi connectivity index (χ2n) is 3.65. The second kappa shape index (κ2) is 6.89. The predicted octanol–water partition coefficient (Wildman–Crippen LogP) is 1.16. The van der Waals surface area contributed by atoms with E-state index in [0.29, 0.717) is 6.08 Å². The molecule has 1 rings (SSSR count). The largest absolute Gasteiger partial charge is 0.494 e. The molecule has 0 spiro atoms. The number of esters is 1. The van der Waals surface area contributed by atoms with Crippen molar-refractivity contribution in [1.82, 2.24) is 0 Å². The van der Waals surface area contributed by atoms with Crippen molar-refractivity contribution in [2.75, 3.05) is 19.5 Å². The fourth-order valence-corrected chi connectivity index (χ4v) is 1.42. The smallest absolute Gasteiger partial charge is 0.354 e. The second-order valence-corrected chi connectivity index (χ2v) is 3.65. The van der Waals surface area contributed by atoms with Crippen LogP contribution < -0.4 is 10.1 Å². The molecule has 0 unspecified atom stereocenters. The molecule has 0 aliphatic heterocycles. The van der Waals surface area contributed by atoms with Crippen LogP contribution in [-0.4, -0.2) is 36.2 Å². The minimum Gasteiger partial charge on any atom is -0.494 e. The van der Waals surface area contributed by atoms with Crippen LogP contribution in [-0.2, 0) is 14.3 Å². The van der Waals surface area contributed by atoms with Crippen LogP contribution in [0.15, 0.2) is 30.0 Å². The van der Waals surface area contributed by atoms with Gasteiger partial charge in [-0.15, -0.1) is 0 Å². The minimum absolute atomic E-state index is 0.0735. The fraction of sp³-hybridized carbons (Fsp3) is 0.167. The lowest BCUT2D eigenvalue weighted by molar-refractivity contribution is -0.384. The zero-order chi connectivity index (χ0) is 16.0. The number of benzene rings is 1. The summed E-state index contributed by atoms with van der Waals surface area (Å²) in [5, 5.41) is 21.9. The Bertz CT molecular complexity index is 610. The lowest BCUT2D eigenvalue weighted by Crippen LogP contribution is -2.15. The molecule has 112 valence electrons. The molecule has 21 heavy (non-hydrogen) atoms. The Hall–Kier alpha value is -3.10. The first-order chi connectivity index (χ1) is 9.88. The Morgan fingerprint density at radius 1 is 1.38 bits per heavy atom. The predicted molar refractivity (Wildman–Crippen MR) is 71.0 cm³/mol. The van der Waals surface area contributed by atoms with E-state index >= 15 is 0 Å². The number of methoxy groups -OCH3 is 2. The van der Waals surface area contributed by atoms with Crippen LogP contribution in [0, 0.1) is 10.1 Å². The normalized spacial score (nSPS) is 10.7. The number of carboxylic acid groups (broad SMARTS) is 1. The highest BCUT2D eigenvalue weighted by molar-refractivity contribution is 5.98. The maximum atomic E-state index is 11.5. The van der Waals surface area contributed by atoms with Crippen molar-refractivity contribution >= 4 is 23.3 Å². The summed E-state index contributed by atoms with van der Waals surface area (Å²) in [5.74, 6) is -2.19. The van der Waals surface area contributed by atoms with Gasteiger partial charge in [0.25, 0.3) is 5.69 Å². The number of hydrogen-bond acceptors (Lipinski definition) is 7. The number of nitrogens with zero attached hydrogens (tertiary/aromatic N) is 1. The molecular weight excluding hydrogens is 284 g/mol. The van der Waals surface area contributed by atoms with Crippen LogP contribution in [0.25, 0.3) is 0 Å². The number of carbonyl (C=O) groups is 2. The summed E-state index contributed by atoms with van der Waals surface area (Å²) >= 11 is 0. The highest BCUT2D eigenvalue weighted by Gasteiger charge is 2.16. The Balaban J connectivity index is 3.17. The monoisotopic (exact) mass is 296 g/mol. The molecule has 9 heteroatoms. The number of rotatable bonds is 6. The van der Waals surface area contributed by atoms with Crippen LogP contribution in [0.3, 0.4) is 0 Å². The quantitative estimate of drug-likeness (QED) is 0.346. The molecule has 1 aromatic rings. The number of nitro benzene ring substituents is 1. The summed E-state index contributed by atoms with van der Waals surface area (Å²) in [4.78, 5) is 32.2. The zero-order valence-corrected chi connectivity index (χ0v) is 11.2. The summed E-state index contributed by atoms with van der Waals surface area (Å²) in [5.41, 5.74) is -0.377. The number of carbonyl (C=O) groups excluding carboxylic acids is 1. The fourth-order valence-electron chi connectivity index (χ4n) is 1.42. The molecule has 0 saturated heterocycles. The lowest BCUT2D eigenvalue weighted by Gasteiger charge is -2.12. The number of hydrogen-bond donors (Lipinski definition) is 2. The molecule has 0 aromatic heterocycles. The van der Waals surface area contributed by atoms with Gasteiger partial charge in [-0.25, -0.2) is 9.59 Å². The SMILES string of the molecule is COC(=O)C(=CC(=O)O)Nc1ccc([N+](=O)[O-])cc1OC. The molecule has 0 radical (unpaired) electrons. The summed E-state index contributed by atoms with van der Waals surface area (Å²) in [7, 11) is 2.37. The number of nitro groups is 1. The van der Waals surface area contributed by atoms with Gasteiger partial charge in [-0.1, -0.05) is 0 Å². The average molecular weight is 296 g/mol. The third-order valence-electron chi connectivity index (χ3n) is 2.34. The van der Waals surface area contributed by atoms with Gasteiger partial charge in [0.05, 0.1) is 37.0 Å². The van der Waals surface area contributed by atoms with E-state index in [1.165, 1.54) is 19.2 Å². The van der Waals surface area contributed by atoms with E-state index in [1.54, 1.807) is 0 Å². The Labute approximate surface area is 118 Å². The van der Waals surface area contributed by atoms with Crippen LogP contribution >= 0.6 is 0 Å². The van der Waals surface area contributed by atoms with E-state index in [-0.39, 0.29) is 22.8 Å². The minimum atomic E-state index is -1.36. The van der Waals surface area contributed by atoms with Crippen molar-refractivity contribution in [2.24, 2.45) is 0 Å². The molecule has 0 heterocycles. The van der Waals surface area contributed by atoms with Crippen molar-refractivity contribution in [2.45, 2.75) is 0 Å². The highest BCUT2D eigenvalue weighted by atomic mass is 16.6. The van der Waals surface area contributed by atoms with E-state index in [9.17, 15) is 19.7 Å². The third-order valence-corrected chi connectivity index (χ3v) is 2.34. The number of ether oxygens (including phenoxy) is 2. The van der Waals surface area contributed by atoms with Gasteiger partial charge in [-0.05, 0) is 6.07 Å². The maximum Gasteiger partial charge on any atom is 0.354 e. The molecule has 0 bridgehead atoms. The van der Waals surface area contributed by atoms with Gasteiger partial charge in [-0.3, -0.25) is 10.1 Å². The summed E-state index contributed by atoms with van der Waals surface area (Å²) in [6, 6.07) is 3.61. The van der Waals surface area contributed by atoms with Crippen molar-refractivity contribution < 1.29 is 29.1 Å². The number of anilines is 1. The third kappa shape index (κ3) is 4.20. The van der Waals surface area contributed by atoms with Crippen LogP contribution in [0.1, 0.15) is 0 Å². The molecule has 0 atom stereocenters. The first-order valence-corrected chi connectivity index (χ1v) is 5.51. The Morgan fingerprint density at radius 3 is 2.52 bits per heavy atom. The van der Waals surface area contributed by atoms with Gasteiger partial charge in [0.15, 0.2) is 0 Å². The first-order valence-electron chi connectivity index (χ1n) is 5.51. The number of carboxylic acids is 1. The Morgan fingerprint density at radius 2 is 2.05 bits per heavy atom. The molecule has 9 nitrogen and oxygen atoms in total. The van der Waals surface area contributed by atoms with Gasteiger partial charge in [0.2, 0.25) is 0 Å². The van der Waals surface area contributed by atoms with Gasteiger partial charge < -0.3 is 19.9 Å². The molecule has 0 saturated carbocycles. The maximum absolute atomic E-state index is 11.5.